The lowest BCUT2D eigenvalue weighted by Gasteiger charge is -2.04. The van der Waals surface area contributed by atoms with Crippen molar-refractivity contribution in [3.8, 4) is 0 Å². The molecule has 0 saturated heterocycles. The van der Waals surface area contributed by atoms with E-state index >= 15 is 0 Å². The number of hydrogen-bond donors (Lipinski definition) is 3. The van der Waals surface area contributed by atoms with Gasteiger partial charge in [-0.2, -0.15) is 0 Å². The summed E-state index contributed by atoms with van der Waals surface area (Å²) in [4.78, 5) is 16.2. The fourth-order valence-electron chi connectivity index (χ4n) is 1.29. The molecule has 0 unspecified atom stereocenters. The molecule has 19 heavy (non-hydrogen) atoms. The Labute approximate surface area is 107 Å². The molecular weight excluding hydrogens is 277 g/mol. The van der Waals surface area contributed by atoms with Crippen molar-refractivity contribution < 1.29 is 22.7 Å². The molecule has 0 aliphatic rings. The summed E-state index contributed by atoms with van der Waals surface area (Å²) < 4.78 is 38.4. The number of anilines is 1. The monoisotopic (exact) mass is 285 g/mol. The highest BCUT2D eigenvalue weighted by atomic mass is 32.2. The van der Waals surface area contributed by atoms with Crippen LogP contribution in [0.3, 0.4) is 0 Å². The number of carboxylic acid groups (broad SMARTS) is 1. The Morgan fingerprint density at radius 1 is 1.42 bits per heavy atom. The minimum absolute atomic E-state index is 0.0699. The number of H-pyrrole nitrogens is 1. The second kappa shape index (κ2) is 4.69. The average molecular weight is 285 g/mol. The van der Waals surface area contributed by atoms with E-state index in [0.29, 0.717) is 0 Å². The van der Waals surface area contributed by atoms with E-state index in [1.54, 1.807) is 0 Å². The number of aromatic nitrogens is 2. The zero-order valence-electron chi connectivity index (χ0n) is 9.29. The Kier molecular flexibility index (Phi) is 3.21. The predicted octanol–water partition coefficient (Wildman–Crippen LogP) is 1.05. The number of pyridine rings is 1. The molecule has 0 radical (unpaired) electrons. The van der Waals surface area contributed by atoms with E-state index < -0.39 is 21.8 Å². The van der Waals surface area contributed by atoms with Gasteiger partial charge >= 0.3 is 5.97 Å². The van der Waals surface area contributed by atoms with Crippen LogP contribution in [0.5, 0.6) is 0 Å². The number of halogens is 1. The number of nitrogens with one attached hydrogen (secondary N) is 2. The smallest absolute Gasteiger partial charge is 0.352 e. The number of aromatic carboxylic acids is 1. The molecule has 0 aliphatic carbocycles. The SMILES string of the molecule is O=C(O)c1cc(S(=O)(=O)Nc2ccc(F)cn2)c[nH]1. The van der Waals surface area contributed by atoms with Crippen LogP contribution in [0.15, 0.2) is 35.5 Å². The minimum Gasteiger partial charge on any atom is -0.477 e. The van der Waals surface area contributed by atoms with Crippen molar-refractivity contribution in [3.63, 3.8) is 0 Å². The highest BCUT2D eigenvalue weighted by Crippen LogP contribution is 2.15. The number of rotatable bonds is 4. The summed E-state index contributed by atoms with van der Waals surface area (Å²) >= 11 is 0. The molecular formula is C10H8FN3O4S. The van der Waals surface area contributed by atoms with Gasteiger partial charge in [-0.25, -0.2) is 22.6 Å². The van der Waals surface area contributed by atoms with Gasteiger partial charge in [0.15, 0.2) is 0 Å². The van der Waals surface area contributed by atoms with Gasteiger partial charge in [0.2, 0.25) is 0 Å². The topological polar surface area (TPSA) is 112 Å². The number of hydrogen-bond acceptors (Lipinski definition) is 4. The van der Waals surface area contributed by atoms with Crippen LogP contribution in [-0.2, 0) is 10.0 Å². The molecule has 2 aromatic heterocycles. The van der Waals surface area contributed by atoms with Crippen LogP contribution < -0.4 is 4.72 Å². The van der Waals surface area contributed by atoms with Gasteiger partial charge in [0.25, 0.3) is 10.0 Å². The van der Waals surface area contributed by atoms with Crippen molar-refractivity contribution in [2.75, 3.05) is 4.72 Å². The molecule has 2 aromatic rings. The molecule has 0 spiro atoms. The van der Waals surface area contributed by atoms with Crippen LogP contribution in [0.1, 0.15) is 10.5 Å². The molecule has 0 aromatic carbocycles. The Hall–Kier alpha value is -2.42. The molecule has 100 valence electrons. The Bertz CT molecular complexity index is 709. The van der Waals surface area contributed by atoms with Gasteiger partial charge in [-0.3, -0.25) is 4.72 Å². The maximum Gasteiger partial charge on any atom is 0.352 e. The lowest BCUT2D eigenvalue weighted by Crippen LogP contribution is -2.13. The number of sulfonamides is 1. The fraction of sp³-hybridized carbons (Fsp3) is 0. The largest absolute Gasteiger partial charge is 0.477 e. The normalized spacial score (nSPS) is 11.2. The second-order valence-electron chi connectivity index (χ2n) is 3.52. The quantitative estimate of drug-likeness (QED) is 0.777. The van der Waals surface area contributed by atoms with Crippen molar-refractivity contribution in [2.45, 2.75) is 4.90 Å². The molecule has 0 saturated carbocycles. The number of carboxylic acids is 1. The van der Waals surface area contributed by atoms with Crippen LogP contribution in [0.4, 0.5) is 10.2 Å². The summed E-state index contributed by atoms with van der Waals surface area (Å²) in [6.45, 7) is 0. The summed E-state index contributed by atoms with van der Waals surface area (Å²) in [5.41, 5.74) is -0.257. The molecule has 9 heteroatoms. The third kappa shape index (κ3) is 2.88. The second-order valence-corrected chi connectivity index (χ2v) is 5.20. The van der Waals surface area contributed by atoms with Gasteiger partial charge in [-0.15, -0.1) is 0 Å². The van der Waals surface area contributed by atoms with Crippen molar-refractivity contribution in [2.24, 2.45) is 0 Å². The highest BCUT2D eigenvalue weighted by Gasteiger charge is 2.18. The standard InChI is InChI=1S/C10H8FN3O4S/c11-6-1-2-9(13-4-6)14-19(17,18)7-3-8(10(15)16)12-5-7/h1-5,12H,(H,13,14)(H,15,16). The lowest BCUT2D eigenvalue weighted by molar-refractivity contribution is 0.0691. The predicted molar refractivity (Wildman–Crippen MR) is 62.8 cm³/mol. The lowest BCUT2D eigenvalue weighted by atomic mass is 10.4. The van der Waals surface area contributed by atoms with E-state index in [4.69, 9.17) is 5.11 Å². The fourth-order valence-corrected chi connectivity index (χ4v) is 2.29. The van der Waals surface area contributed by atoms with Gasteiger partial charge < -0.3 is 10.1 Å². The molecule has 0 amide bonds. The van der Waals surface area contributed by atoms with Crippen molar-refractivity contribution in [1.29, 1.82) is 0 Å². The van der Waals surface area contributed by atoms with E-state index in [0.717, 1.165) is 30.6 Å². The maximum atomic E-state index is 12.6. The van der Waals surface area contributed by atoms with Gasteiger partial charge in [-0.05, 0) is 18.2 Å². The minimum atomic E-state index is -3.97. The first-order valence-electron chi connectivity index (χ1n) is 4.94. The van der Waals surface area contributed by atoms with E-state index in [9.17, 15) is 17.6 Å². The van der Waals surface area contributed by atoms with Gasteiger partial charge in [-0.1, -0.05) is 0 Å². The van der Waals surface area contributed by atoms with Crippen molar-refractivity contribution in [3.05, 3.63) is 42.1 Å². The summed E-state index contributed by atoms with van der Waals surface area (Å²) in [6.07, 6.45) is 1.90. The van der Waals surface area contributed by atoms with Crippen LogP contribution in [0, 0.1) is 5.82 Å². The summed E-state index contributed by atoms with van der Waals surface area (Å²) in [5, 5.41) is 8.68. The molecule has 2 rings (SSSR count). The van der Waals surface area contributed by atoms with Gasteiger partial charge in [0.1, 0.15) is 22.2 Å². The van der Waals surface area contributed by atoms with Gasteiger partial charge in [0, 0.05) is 6.20 Å². The molecule has 2 heterocycles. The zero-order valence-corrected chi connectivity index (χ0v) is 10.1. The van der Waals surface area contributed by atoms with E-state index in [2.05, 4.69) is 14.7 Å². The maximum absolute atomic E-state index is 12.6. The third-order valence-corrected chi connectivity index (χ3v) is 3.50. The number of aromatic amines is 1. The Morgan fingerprint density at radius 3 is 2.68 bits per heavy atom. The van der Waals surface area contributed by atoms with E-state index in [1.807, 2.05) is 0 Å². The number of carbonyl (C=O) groups is 1. The first-order valence-corrected chi connectivity index (χ1v) is 6.43. The number of nitrogens with zero attached hydrogens (tertiary/aromatic N) is 1. The highest BCUT2D eigenvalue weighted by molar-refractivity contribution is 7.92. The van der Waals surface area contributed by atoms with Crippen molar-refractivity contribution in [1.82, 2.24) is 9.97 Å². The molecule has 3 N–H and O–H groups in total. The molecule has 7 nitrogen and oxygen atoms in total. The third-order valence-electron chi connectivity index (χ3n) is 2.16. The van der Waals surface area contributed by atoms with Crippen LogP contribution >= 0.6 is 0 Å². The van der Waals surface area contributed by atoms with E-state index in [1.165, 1.54) is 0 Å². The summed E-state index contributed by atoms with van der Waals surface area (Å²) in [7, 11) is -3.97. The van der Waals surface area contributed by atoms with Crippen LogP contribution in [0.2, 0.25) is 0 Å². The first-order chi connectivity index (χ1) is 8.88. The molecule has 0 bridgehead atoms. The summed E-state index contributed by atoms with van der Waals surface area (Å²) in [6, 6.07) is 3.16. The average Bonchev–Trinajstić information content (AvgIpc) is 2.82. The zero-order chi connectivity index (χ0) is 14.0. The Morgan fingerprint density at radius 2 is 2.16 bits per heavy atom. The summed E-state index contributed by atoms with van der Waals surface area (Å²) in [5.74, 6) is -1.95. The van der Waals surface area contributed by atoms with E-state index in [-0.39, 0.29) is 16.4 Å². The Balaban J connectivity index is 2.26. The van der Waals surface area contributed by atoms with Crippen molar-refractivity contribution >= 4 is 21.8 Å². The van der Waals surface area contributed by atoms with Gasteiger partial charge in [0.05, 0.1) is 6.20 Å². The molecule has 0 atom stereocenters. The molecule has 0 fully saturated rings. The molecule has 0 aliphatic heterocycles. The van der Waals surface area contributed by atoms with Crippen LogP contribution in [-0.4, -0.2) is 29.5 Å². The van der Waals surface area contributed by atoms with Crippen LogP contribution in [0.25, 0.3) is 0 Å². The first kappa shape index (κ1) is 13.0.